The Morgan fingerprint density at radius 1 is 0.471 bits per heavy atom. The number of aryl methyl sites for hydroxylation is 2. The molecule has 0 saturated carbocycles. The normalized spacial score (nSPS) is 12.3. The molecule has 0 bridgehead atoms. The number of amidine groups is 2. The highest BCUT2D eigenvalue weighted by molar-refractivity contribution is 7.98. The average Bonchev–Trinajstić information content (AvgIpc) is 2.88. The summed E-state index contributed by atoms with van der Waals surface area (Å²) in [6.07, 6.45) is 0. The molecule has 0 aromatic heterocycles. The number of benzene rings is 4. The van der Waals surface area contributed by atoms with Gasteiger partial charge in [-0.25, -0.2) is 0 Å². The summed E-state index contributed by atoms with van der Waals surface area (Å²) in [4.78, 5) is 2.07. The van der Waals surface area contributed by atoms with E-state index in [0.29, 0.717) is 11.7 Å². The molecule has 0 atom stereocenters. The van der Waals surface area contributed by atoms with Gasteiger partial charge in [0, 0.05) is 44.8 Å². The topological polar surface area (TPSA) is 49.4 Å². The lowest BCUT2D eigenvalue weighted by atomic mass is 10.1. The number of rotatable bonds is 6. The zero-order chi connectivity index (χ0) is 23.6. The van der Waals surface area contributed by atoms with E-state index in [-0.39, 0.29) is 0 Å². The Morgan fingerprint density at radius 2 is 0.824 bits per heavy atom. The van der Waals surface area contributed by atoms with Crippen molar-refractivity contribution in [2.45, 2.75) is 23.6 Å². The molecule has 4 rings (SSSR count). The van der Waals surface area contributed by atoms with Gasteiger partial charge in [-0.3, -0.25) is 0 Å². The first-order chi connectivity index (χ1) is 16.7. The van der Waals surface area contributed by atoms with Crippen LogP contribution in [0.5, 0.6) is 0 Å². The zero-order valence-electron chi connectivity index (χ0n) is 19.0. The molecule has 4 nitrogen and oxygen atoms in total. The van der Waals surface area contributed by atoms with E-state index < -0.39 is 0 Å². The molecule has 0 amide bonds. The van der Waals surface area contributed by atoms with E-state index in [1.807, 2.05) is 109 Å². The molecular formula is C28H24N4S2. The Morgan fingerprint density at radius 3 is 1.18 bits per heavy atom. The van der Waals surface area contributed by atoms with Crippen LogP contribution in [-0.2, 0) is 0 Å². The predicted octanol–water partition coefficient (Wildman–Crippen LogP) is 8.36. The summed E-state index contributed by atoms with van der Waals surface area (Å²) in [5.74, 6) is 1.08. The van der Waals surface area contributed by atoms with Crippen LogP contribution in [0.3, 0.4) is 0 Å². The van der Waals surface area contributed by atoms with Gasteiger partial charge in [-0.15, -0.1) is 10.2 Å². The Balaban J connectivity index is 1.67. The highest BCUT2D eigenvalue weighted by atomic mass is 32.2. The third-order valence-corrected chi connectivity index (χ3v) is 6.31. The molecule has 34 heavy (non-hydrogen) atoms. The van der Waals surface area contributed by atoms with Crippen LogP contribution in [0.4, 0.5) is 0 Å². The molecule has 0 heterocycles. The van der Waals surface area contributed by atoms with Gasteiger partial charge in [0.1, 0.15) is 0 Å². The van der Waals surface area contributed by atoms with Gasteiger partial charge < -0.3 is 0 Å². The minimum absolute atomic E-state index is 0.540. The van der Waals surface area contributed by atoms with Crippen molar-refractivity contribution < 1.29 is 0 Å². The molecule has 4 aromatic rings. The highest BCUT2D eigenvalue weighted by Gasteiger charge is 2.07. The van der Waals surface area contributed by atoms with E-state index in [9.17, 15) is 0 Å². The van der Waals surface area contributed by atoms with E-state index in [0.717, 1.165) is 20.9 Å². The predicted molar refractivity (Wildman–Crippen MR) is 145 cm³/mol. The van der Waals surface area contributed by atoms with Crippen LogP contribution in [0.15, 0.2) is 138 Å². The first kappa shape index (κ1) is 23.7. The summed E-state index contributed by atoms with van der Waals surface area (Å²) in [5, 5.41) is 9.12. The summed E-state index contributed by atoms with van der Waals surface area (Å²) in [6, 6.07) is 36.3. The molecule has 0 N–H and O–H groups in total. The van der Waals surface area contributed by atoms with Crippen molar-refractivity contribution in [2.24, 2.45) is 19.0 Å². The molecule has 0 radical (unpaired) electrons. The van der Waals surface area contributed by atoms with Crippen molar-refractivity contribution in [3.05, 3.63) is 131 Å². The summed E-state index contributed by atoms with van der Waals surface area (Å²) in [7, 11) is 0. The van der Waals surface area contributed by atoms with Gasteiger partial charge >= 0.3 is 0 Å². The molecule has 0 aliphatic carbocycles. The zero-order valence-corrected chi connectivity index (χ0v) is 20.6. The van der Waals surface area contributed by atoms with E-state index in [1.54, 1.807) is 0 Å². The maximum absolute atomic E-state index is 4.70. The van der Waals surface area contributed by atoms with Crippen LogP contribution in [0, 0.1) is 13.8 Å². The van der Waals surface area contributed by atoms with Gasteiger partial charge in [-0.1, -0.05) is 96.1 Å². The van der Waals surface area contributed by atoms with Crippen molar-refractivity contribution >= 4 is 35.6 Å². The van der Waals surface area contributed by atoms with Crippen molar-refractivity contribution in [1.29, 1.82) is 0 Å². The van der Waals surface area contributed by atoms with Crippen LogP contribution in [0.1, 0.15) is 22.3 Å². The van der Waals surface area contributed by atoms with Gasteiger partial charge in [0.25, 0.3) is 0 Å². The van der Waals surface area contributed by atoms with Gasteiger partial charge in [0.2, 0.25) is 0 Å². The fourth-order valence-electron chi connectivity index (χ4n) is 2.91. The van der Waals surface area contributed by atoms with Crippen molar-refractivity contribution in [1.82, 2.24) is 0 Å². The lowest BCUT2D eigenvalue weighted by molar-refractivity contribution is 1.30. The maximum atomic E-state index is 4.70. The molecule has 0 aliphatic rings. The third-order valence-electron chi connectivity index (χ3n) is 4.82. The van der Waals surface area contributed by atoms with E-state index in [2.05, 4.69) is 24.1 Å². The fourth-order valence-corrected chi connectivity index (χ4v) is 4.14. The third kappa shape index (κ3) is 7.01. The van der Waals surface area contributed by atoms with Crippen molar-refractivity contribution in [3.63, 3.8) is 0 Å². The smallest absolute Gasteiger partial charge is 0.189 e. The first-order valence-corrected chi connectivity index (χ1v) is 12.4. The summed E-state index contributed by atoms with van der Waals surface area (Å²) in [5.41, 5.74) is 4.15. The minimum Gasteiger partial charge on any atom is -0.189 e. The molecule has 0 fully saturated rings. The molecule has 168 valence electrons. The summed E-state index contributed by atoms with van der Waals surface area (Å²) in [6.45, 7) is 4.12. The Bertz CT molecular complexity index is 1180. The lowest BCUT2D eigenvalue weighted by Gasteiger charge is -2.04. The molecule has 0 unspecified atom stereocenters. The van der Waals surface area contributed by atoms with Gasteiger partial charge in [-0.2, -0.15) is 8.80 Å². The molecular weight excluding hydrogens is 456 g/mol. The van der Waals surface area contributed by atoms with Crippen LogP contribution >= 0.6 is 23.9 Å². The minimum atomic E-state index is 0.540. The second-order valence-corrected chi connectivity index (χ2v) is 9.24. The Hall–Kier alpha value is -3.48. The van der Waals surface area contributed by atoms with E-state index in [1.165, 1.54) is 35.0 Å². The van der Waals surface area contributed by atoms with Gasteiger partial charge in [0.15, 0.2) is 11.7 Å². The molecule has 0 aliphatic heterocycles. The monoisotopic (exact) mass is 480 g/mol. The SMILES string of the molecule is Cc1ccc(C(=N/Sc2ccccc2)/N=N/C(=N\Sc2ccccc2)c2ccc(C)cc2)cc1. The fraction of sp³-hybridized carbons (Fsp3) is 0.0714. The van der Waals surface area contributed by atoms with Crippen LogP contribution in [-0.4, -0.2) is 11.7 Å². The number of hydrogen-bond donors (Lipinski definition) is 0. The molecule has 4 aromatic carbocycles. The second kappa shape index (κ2) is 12.1. The Kier molecular flexibility index (Phi) is 8.43. The van der Waals surface area contributed by atoms with Crippen molar-refractivity contribution in [2.75, 3.05) is 0 Å². The van der Waals surface area contributed by atoms with Crippen LogP contribution in [0.25, 0.3) is 0 Å². The molecule has 6 heteroatoms. The van der Waals surface area contributed by atoms with Crippen LogP contribution < -0.4 is 0 Å². The first-order valence-electron chi connectivity index (χ1n) is 10.8. The molecule has 0 saturated heterocycles. The quantitative estimate of drug-likeness (QED) is 0.120. The Labute approximate surface area is 209 Å². The van der Waals surface area contributed by atoms with E-state index >= 15 is 0 Å². The summed E-state index contributed by atoms with van der Waals surface area (Å²) >= 11 is 2.75. The maximum Gasteiger partial charge on any atom is 0.189 e. The second-order valence-electron chi connectivity index (χ2n) is 7.57. The average molecular weight is 481 g/mol. The lowest BCUT2D eigenvalue weighted by Crippen LogP contribution is -2.00. The number of azo groups is 1. The number of nitrogens with zero attached hydrogens (tertiary/aromatic N) is 4. The van der Waals surface area contributed by atoms with Crippen molar-refractivity contribution in [3.8, 4) is 0 Å². The standard InChI is InChI=1S/C28H24N4S2/c1-21-13-17-23(18-14-21)27(31-33-25-9-5-3-6-10-25)29-30-28(24-19-15-22(2)16-20-24)32-34-26-11-7-4-8-12-26/h3-20H,1-2H3/b30-29+,31-27-,32-28-. The summed E-state index contributed by atoms with van der Waals surface area (Å²) < 4.78 is 9.41. The van der Waals surface area contributed by atoms with Gasteiger partial charge in [-0.05, 0) is 38.1 Å². The molecule has 0 spiro atoms. The largest absolute Gasteiger partial charge is 0.189 e. The van der Waals surface area contributed by atoms with E-state index in [4.69, 9.17) is 8.80 Å². The van der Waals surface area contributed by atoms with Crippen LogP contribution in [0.2, 0.25) is 0 Å². The number of hydrogen-bond acceptors (Lipinski definition) is 4. The highest BCUT2D eigenvalue weighted by Crippen LogP contribution is 2.22. The van der Waals surface area contributed by atoms with Gasteiger partial charge in [0.05, 0.1) is 0 Å².